The first-order chi connectivity index (χ1) is 13.6. The van der Waals surface area contributed by atoms with Crippen molar-refractivity contribution < 1.29 is 19.1 Å². The maximum Gasteiger partial charge on any atom is 0.226 e. The van der Waals surface area contributed by atoms with E-state index in [2.05, 4.69) is 0 Å². The topological polar surface area (TPSA) is 59.1 Å². The molecule has 152 valence electrons. The number of piperidine rings is 1. The highest BCUT2D eigenvalue weighted by Gasteiger charge is 2.39. The highest BCUT2D eigenvalue weighted by molar-refractivity contribution is 5.82. The molecule has 1 aromatic rings. The molecule has 1 saturated carbocycles. The minimum atomic E-state index is 0.0143. The first kappa shape index (κ1) is 19.1. The summed E-state index contributed by atoms with van der Waals surface area (Å²) in [6.07, 6.45) is 5.56. The molecule has 1 aromatic carbocycles. The summed E-state index contributed by atoms with van der Waals surface area (Å²) in [4.78, 5) is 29.6. The first-order valence-corrected chi connectivity index (χ1v) is 10.4. The van der Waals surface area contributed by atoms with Crippen molar-refractivity contribution in [2.75, 3.05) is 33.9 Å². The number of methoxy groups -OCH3 is 2. The third kappa shape index (κ3) is 3.69. The van der Waals surface area contributed by atoms with Crippen LogP contribution in [-0.2, 0) is 9.59 Å². The molecule has 0 N–H and O–H groups in total. The van der Waals surface area contributed by atoms with E-state index in [0.29, 0.717) is 19.0 Å². The van der Waals surface area contributed by atoms with Crippen LogP contribution in [0.2, 0.25) is 0 Å². The smallest absolute Gasteiger partial charge is 0.226 e. The maximum atomic E-state index is 13.3. The summed E-state index contributed by atoms with van der Waals surface area (Å²) in [6, 6.07) is 5.82. The fourth-order valence-electron chi connectivity index (χ4n) is 4.62. The summed E-state index contributed by atoms with van der Waals surface area (Å²) < 4.78 is 10.9. The summed E-state index contributed by atoms with van der Waals surface area (Å²) in [7, 11) is 3.32. The van der Waals surface area contributed by atoms with Crippen molar-refractivity contribution in [1.29, 1.82) is 0 Å². The van der Waals surface area contributed by atoms with Crippen LogP contribution in [0.3, 0.4) is 0 Å². The van der Waals surface area contributed by atoms with Gasteiger partial charge in [0, 0.05) is 37.0 Å². The standard InChI is InChI=1S/C22H30N2O4/c1-27-17-7-8-20(28-2)18(14-17)19-4-3-11-24(19)22(26)16-9-12-23(13-10-16)21(25)15-5-6-15/h7-8,14-16,19H,3-6,9-13H2,1-2H3. The molecule has 1 unspecified atom stereocenters. The molecule has 4 rings (SSSR count). The average molecular weight is 386 g/mol. The number of amides is 2. The van der Waals surface area contributed by atoms with Gasteiger partial charge in [-0.3, -0.25) is 9.59 Å². The molecule has 6 heteroatoms. The van der Waals surface area contributed by atoms with Crippen molar-refractivity contribution in [2.24, 2.45) is 11.8 Å². The largest absolute Gasteiger partial charge is 0.497 e. The van der Waals surface area contributed by atoms with E-state index in [0.717, 1.165) is 62.1 Å². The van der Waals surface area contributed by atoms with E-state index in [9.17, 15) is 9.59 Å². The zero-order chi connectivity index (χ0) is 19.7. The maximum absolute atomic E-state index is 13.3. The van der Waals surface area contributed by atoms with Gasteiger partial charge in [0.1, 0.15) is 11.5 Å². The fraction of sp³-hybridized carbons (Fsp3) is 0.636. The van der Waals surface area contributed by atoms with Gasteiger partial charge in [0.15, 0.2) is 0 Å². The molecule has 3 aliphatic rings. The second kappa shape index (κ2) is 8.02. The Morgan fingerprint density at radius 2 is 1.61 bits per heavy atom. The van der Waals surface area contributed by atoms with Gasteiger partial charge in [-0.25, -0.2) is 0 Å². The number of likely N-dealkylation sites (tertiary alicyclic amines) is 2. The molecule has 2 saturated heterocycles. The number of benzene rings is 1. The van der Waals surface area contributed by atoms with E-state index in [1.165, 1.54) is 0 Å². The number of carbonyl (C=O) groups is 2. The van der Waals surface area contributed by atoms with Gasteiger partial charge in [-0.2, -0.15) is 0 Å². The molecule has 3 fully saturated rings. The highest BCUT2D eigenvalue weighted by atomic mass is 16.5. The summed E-state index contributed by atoms with van der Waals surface area (Å²) in [5, 5.41) is 0. The van der Waals surface area contributed by atoms with Crippen molar-refractivity contribution in [3.8, 4) is 11.5 Å². The van der Waals surface area contributed by atoms with Gasteiger partial charge >= 0.3 is 0 Å². The van der Waals surface area contributed by atoms with Crippen LogP contribution in [-0.4, -0.2) is 55.5 Å². The van der Waals surface area contributed by atoms with Crippen LogP contribution in [0.1, 0.15) is 50.1 Å². The van der Waals surface area contributed by atoms with E-state index in [1.54, 1.807) is 14.2 Å². The first-order valence-electron chi connectivity index (χ1n) is 10.4. The normalized spacial score (nSPS) is 23.0. The van der Waals surface area contributed by atoms with Crippen LogP contribution in [0.25, 0.3) is 0 Å². The Bertz CT molecular complexity index is 738. The lowest BCUT2D eigenvalue weighted by Crippen LogP contribution is -2.44. The zero-order valence-electron chi connectivity index (χ0n) is 16.9. The summed E-state index contributed by atoms with van der Waals surface area (Å²) in [5.41, 5.74) is 1.02. The Balaban J connectivity index is 1.45. The molecule has 1 atom stereocenters. The molecule has 2 heterocycles. The van der Waals surface area contributed by atoms with Gasteiger partial charge in [0.05, 0.1) is 20.3 Å². The Labute approximate surface area is 166 Å². The lowest BCUT2D eigenvalue weighted by atomic mass is 9.93. The van der Waals surface area contributed by atoms with Gasteiger partial charge in [0.25, 0.3) is 0 Å². The van der Waals surface area contributed by atoms with Crippen molar-refractivity contribution in [3.63, 3.8) is 0 Å². The van der Waals surface area contributed by atoms with Gasteiger partial charge in [0.2, 0.25) is 11.8 Å². The fourth-order valence-corrected chi connectivity index (χ4v) is 4.62. The van der Waals surface area contributed by atoms with Crippen molar-refractivity contribution in [2.45, 2.75) is 44.6 Å². The van der Waals surface area contributed by atoms with Crippen LogP contribution >= 0.6 is 0 Å². The number of hydrogen-bond donors (Lipinski definition) is 0. The van der Waals surface area contributed by atoms with E-state index in [4.69, 9.17) is 9.47 Å². The van der Waals surface area contributed by atoms with Crippen LogP contribution in [0.5, 0.6) is 11.5 Å². The monoisotopic (exact) mass is 386 g/mol. The number of ether oxygens (including phenoxy) is 2. The van der Waals surface area contributed by atoms with Crippen LogP contribution < -0.4 is 9.47 Å². The molecule has 0 aromatic heterocycles. The van der Waals surface area contributed by atoms with Crippen molar-refractivity contribution >= 4 is 11.8 Å². The summed E-state index contributed by atoms with van der Waals surface area (Å²) in [5.74, 6) is 2.38. The third-order valence-corrected chi connectivity index (χ3v) is 6.41. The van der Waals surface area contributed by atoms with E-state index in [-0.39, 0.29) is 23.8 Å². The lowest BCUT2D eigenvalue weighted by molar-refractivity contribution is -0.142. The molecular weight excluding hydrogens is 356 g/mol. The predicted molar refractivity (Wildman–Crippen MR) is 105 cm³/mol. The number of nitrogens with zero attached hydrogens (tertiary/aromatic N) is 2. The predicted octanol–water partition coefficient (Wildman–Crippen LogP) is 3.02. The molecular formula is C22H30N2O4. The summed E-state index contributed by atoms with van der Waals surface area (Å²) >= 11 is 0. The molecule has 6 nitrogen and oxygen atoms in total. The second-order valence-corrected chi connectivity index (χ2v) is 8.17. The van der Waals surface area contributed by atoms with Crippen molar-refractivity contribution in [3.05, 3.63) is 23.8 Å². The quantitative estimate of drug-likeness (QED) is 0.781. The molecule has 28 heavy (non-hydrogen) atoms. The molecule has 0 radical (unpaired) electrons. The zero-order valence-corrected chi connectivity index (χ0v) is 16.9. The van der Waals surface area contributed by atoms with E-state index >= 15 is 0 Å². The van der Waals surface area contributed by atoms with Gasteiger partial charge in [-0.05, 0) is 56.7 Å². The third-order valence-electron chi connectivity index (χ3n) is 6.41. The minimum absolute atomic E-state index is 0.0143. The Kier molecular flexibility index (Phi) is 5.47. The van der Waals surface area contributed by atoms with Gasteiger partial charge in [-0.1, -0.05) is 0 Å². The molecule has 0 bridgehead atoms. The number of carbonyl (C=O) groups excluding carboxylic acids is 2. The molecule has 0 spiro atoms. The van der Waals surface area contributed by atoms with Crippen LogP contribution in [0.4, 0.5) is 0 Å². The molecule has 2 aliphatic heterocycles. The minimum Gasteiger partial charge on any atom is -0.497 e. The Morgan fingerprint density at radius 3 is 2.25 bits per heavy atom. The van der Waals surface area contributed by atoms with Crippen LogP contribution in [0.15, 0.2) is 18.2 Å². The summed E-state index contributed by atoms with van der Waals surface area (Å²) in [6.45, 7) is 2.21. The van der Waals surface area contributed by atoms with E-state index < -0.39 is 0 Å². The highest BCUT2D eigenvalue weighted by Crippen LogP contribution is 2.40. The van der Waals surface area contributed by atoms with Crippen molar-refractivity contribution in [1.82, 2.24) is 9.80 Å². The van der Waals surface area contributed by atoms with E-state index in [1.807, 2.05) is 28.0 Å². The van der Waals surface area contributed by atoms with Crippen LogP contribution in [0, 0.1) is 11.8 Å². The molecule has 2 amide bonds. The van der Waals surface area contributed by atoms with Gasteiger partial charge < -0.3 is 19.3 Å². The Hall–Kier alpha value is -2.24. The number of hydrogen-bond acceptors (Lipinski definition) is 4. The molecule has 1 aliphatic carbocycles. The lowest BCUT2D eigenvalue weighted by Gasteiger charge is -2.35. The second-order valence-electron chi connectivity index (χ2n) is 8.17. The average Bonchev–Trinajstić information content (AvgIpc) is 3.48. The van der Waals surface area contributed by atoms with Gasteiger partial charge in [-0.15, -0.1) is 0 Å². The SMILES string of the molecule is COc1ccc(OC)c(C2CCCN2C(=O)C2CCN(C(=O)C3CC3)CC2)c1. The Morgan fingerprint density at radius 1 is 0.893 bits per heavy atom. The number of rotatable bonds is 5.